The molecular formula is C18H16BrN3OS. The van der Waals surface area contributed by atoms with E-state index < -0.39 is 0 Å². The predicted molar refractivity (Wildman–Crippen MR) is 99.7 cm³/mol. The summed E-state index contributed by atoms with van der Waals surface area (Å²) in [4.78, 5) is 21.0. The minimum Gasteiger partial charge on any atom is -0.348 e. The van der Waals surface area contributed by atoms with Crippen molar-refractivity contribution in [2.24, 2.45) is 0 Å². The quantitative estimate of drug-likeness (QED) is 0.689. The maximum atomic E-state index is 12.2. The normalized spacial score (nSPS) is 11.9. The van der Waals surface area contributed by atoms with E-state index in [-0.39, 0.29) is 18.4 Å². The van der Waals surface area contributed by atoms with Crippen LogP contribution < -0.4 is 5.32 Å². The third-order valence-electron chi connectivity index (χ3n) is 3.47. The van der Waals surface area contributed by atoms with Crippen LogP contribution in [0.15, 0.2) is 58.5 Å². The highest BCUT2D eigenvalue weighted by Crippen LogP contribution is 2.26. The Morgan fingerprint density at radius 2 is 2.17 bits per heavy atom. The Labute approximate surface area is 153 Å². The van der Waals surface area contributed by atoms with Crippen LogP contribution in [0.25, 0.3) is 10.6 Å². The summed E-state index contributed by atoms with van der Waals surface area (Å²) >= 11 is 5.01. The average Bonchev–Trinajstić information content (AvgIpc) is 3.04. The van der Waals surface area contributed by atoms with Gasteiger partial charge in [-0.15, -0.1) is 11.3 Å². The second-order valence-corrected chi connectivity index (χ2v) is 7.15. The number of aromatic nitrogens is 2. The lowest BCUT2D eigenvalue weighted by Crippen LogP contribution is -2.28. The van der Waals surface area contributed by atoms with E-state index in [1.165, 1.54) is 0 Å². The molecule has 0 saturated heterocycles. The number of nitrogens with one attached hydrogen (secondary N) is 1. The topological polar surface area (TPSA) is 54.9 Å². The number of amides is 1. The van der Waals surface area contributed by atoms with Gasteiger partial charge in [0.1, 0.15) is 5.01 Å². The van der Waals surface area contributed by atoms with Gasteiger partial charge < -0.3 is 5.32 Å². The molecule has 0 fully saturated rings. The average molecular weight is 402 g/mol. The summed E-state index contributed by atoms with van der Waals surface area (Å²) in [5.41, 5.74) is 2.67. The maximum Gasteiger partial charge on any atom is 0.226 e. The molecule has 0 aliphatic carbocycles. The van der Waals surface area contributed by atoms with E-state index in [0.29, 0.717) is 0 Å². The van der Waals surface area contributed by atoms with E-state index in [1.807, 2.05) is 54.8 Å². The van der Waals surface area contributed by atoms with Gasteiger partial charge >= 0.3 is 0 Å². The van der Waals surface area contributed by atoms with Crippen LogP contribution in [0.5, 0.6) is 0 Å². The number of carbonyl (C=O) groups is 1. The standard InChI is InChI=1S/C18H16BrN3OS/c1-12(16-7-2-3-8-20-16)21-17(23)10-15-11-24-18(22-15)13-5-4-6-14(19)9-13/h2-9,11-12H,10H2,1H3,(H,21,23). The Hall–Kier alpha value is -2.05. The van der Waals surface area contributed by atoms with Crippen LogP contribution in [0.2, 0.25) is 0 Å². The second kappa shape index (κ2) is 7.68. The molecule has 4 nitrogen and oxygen atoms in total. The molecule has 0 bridgehead atoms. The summed E-state index contributed by atoms with van der Waals surface area (Å²) in [5.74, 6) is -0.0563. The summed E-state index contributed by atoms with van der Waals surface area (Å²) < 4.78 is 1.01. The smallest absolute Gasteiger partial charge is 0.226 e. The summed E-state index contributed by atoms with van der Waals surface area (Å²) in [6, 6.07) is 13.5. The van der Waals surface area contributed by atoms with Crippen LogP contribution in [-0.4, -0.2) is 15.9 Å². The number of carbonyl (C=O) groups excluding carboxylic acids is 1. The van der Waals surface area contributed by atoms with Gasteiger partial charge in [-0.25, -0.2) is 4.98 Å². The third kappa shape index (κ3) is 4.27. The molecule has 1 atom stereocenters. The highest BCUT2D eigenvalue weighted by atomic mass is 79.9. The fourth-order valence-corrected chi connectivity index (χ4v) is 3.52. The van der Waals surface area contributed by atoms with Crippen LogP contribution in [-0.2, 0) is 11.2 Å². The number of pyridine rings is 1. The van der Waals surface area contributed by atoms with Gasteiger partial charge in [-0.05, 0) is 31.2 Å². The Morgan fingerprint density at radius 3 is 2.92 bits per heavy atom. The summed E-state index contributed by atoms with van der Waals surface area (Å²) in [6.45, 7) is 1.92. The lowest BCUT2D eigenvalue weighted by atomic mass is 10.2. The Morgan fingerprint density at radius 1 is 1.29 bits per heavy atom. The highest BCUT2D eigenvalue weighted by molar-refractivity contribution is 9.10. The molecule has 6 heteroatoms. The van der Waals surface area contributed by atoms with Crippen LogP contribution in [0.3, 0.4) is 0 Å². The molecule has 1 aromatic carbocycles. The summed E-state index contributed by atoms with van der Waals surface area (Å²) in [5, 5.41) is 5.80. The first-order valence-electron chi connectivity index (χ1n) is 7.52. The Balaban J connectivity index is 1.63. The van der Waals surface area contributed by atoms with Crippen molar-refractivity contribution in [1.29, 1.82) is 0 Å². The minimum absolute atomic E-state index is 0.0563. The molecule has 0 spiro atoms. The van der Waals surface area contributed by atoms with Crippen LogP contribution >= 0.6 is 27.3 Å². The van der Waals surface area contributed by atoms with Crippen molar-refractivity contribution in [3.8, 4) is 10.6 Å². The molecule has 122 valence electrons. The summed E-state index contributed by atoms with van der Waals surface area (Å²) in [7, 11) is 0. The van der Waals surface area contributed by atoms with E-state index in [4.69, 9.17) is 0 Å². The molecule has 3 rings (SSSR count). The summed E-state index contributed by atoms with van der Waals surface area (Å²) in [6.07, 6.45) is 1.99. The maximum absolute atomic E-state index is 12.2. The number of halogens is 1. The van der Waals surface area contributed by atoms with Crippen molar-refractivity contribution in [3.63, 3.8) is 0 Å². The SMILES string of the molecule is CC(NC(=O)Cc1csc(-c2cccc(Br)c2)n1)c1ccccn1. The second-order valence-electron chi connectivity index (χ2n) is 5.37. The number of hydrogen-bond acceptors (Lipinski definition) is 4. The zero-order chi connectivity index (χ0) is 16.9. The third-order valence-corrected chi connectivity index (χ3v) is 4.91. The molecule has 24 heavy (non-hydrogen) atoms. The first kappa shape index (κ1) is 16.8. The number of benzene rings is 1. The van der Waals surface area contributed by atoms with Crippen LogP contribution in [0.1, 0.15) is 24.4 Å². The van der Waals surface area contributed by atoms with Crippen LogP contribution in [0, 0.1) is 0 Å². The number of nitrogens with zero attached hydrogens (tertiary/aromatic N) is 2. The van der Waals surface area contributed by atoms with Crippen molar-refractivity contribution in [1.82, 2.24) is 15.3 Å². The van der Waals surface area contributed by atoms with Crippen molar-refractivity contribution < 1.29 is 4.79 Å². The van der Waals surface area contributed by atoms with Gasteiger partial charge in [0.15, 0.2) is 0 Å². The lowest BCUT2D eigenvalue weighted by molar-refractivity contribution is -0.121. The monoisotopic (exact) mass is 401 g/mol. The van der Waals surface area contributed by atoms with Gasteiger partial charge in [-0.2, -0.15) is 0 Å². The fourth-order valence-electron chi connectivity index (χ4n) is 2.31. The van der Waals surface area contributed by atoms with E-state index in [1.54, 1.807) is 17.5 Å². The van der Waals surface area contributed by atoms with E-state index >= 15 is 0 Å². The number of rotatable bonds is 5. The minimum atomic E-state index is -0.123. The Bertz CT molecular complexity index is 835. The van der Waals surface area contributed by atoms with E-state index in [0.717, 1.165) is 26.4 Å². The lowest BCUT2D eigenvalue weighted by Gasteiger charge is -2.12. The molecular weight excluding hydrogens is 386 g/mol. The van der Waals surface area contributed by atoms with E-state index in [2.05, 4.69) is 31.2 Å². The zero-order valence-electron chi connectivity index (χ0n) is 13.1. The zero-order valence-corrected chi connectivity index (χ0v) is 15.5. The molecule has 2 aromatic heterocycles. The molecule has 0 aliphatic heterocycles. The van der Waals surface area contributed by atoms with Crippen molar-refractivity contribution in [2.45, 2.75) is 19.4 Å². The van der Waals surface area contributed by atoms with E-state index in [9.17, 15) is 4.79 Å². The van der Waals surface area contributed by atoms with Gasteiger partial charge in [-0.3, -0.25) is 9.78 Å². The number of thiazole rings is 1. The van der Waals surface area contributed by atoms with Gasteiger partial charge in [0.25, 0.3) is 0 Å². The fraction of sp³-hybridized carbons (Fsp3) is 0.167. The molecule has 1 amide bonds. The molecule has 1 unspecified atom stereocenters. The predicted octanol–water partition coefficient (Wildman–Crippen LogP) is 4.39. The first-order valence-corrected chi connectivity index (χ1v) is 9.20. The van der Waals surface area contributed by atoms with Gasteiger partial charge in [0, 0.05) is 21.6 Å². The van der Waals surface area contributed by atoms with Crippen molar-refractivity contribution in [3.05, 3.63) is 69.9 Å². The van der Waals surface area contributed by atoms with Gasteiger partial charge in [0.05, 0.1) is 23.9 Å². The molecule has 2 heterocycles. The van der Waals surface area contributed by atoms with Crippen molar-refractivity contribution in [2.75, 3.05) is 0 Å². The molecule has 0 saturated carbocycles. The first-order chi connectivity index (χ1) is 11.6. The largest absolute Gasteiger partial charge is 0.348 e. The molecule has 1 N–H and O–H groups in total. The molecule has 3 aromatic rings. The van der Waals surface area contributed by atoms with Gasteiger partial charge in [0.2, 0.25) is 5.91 Å². The highest BCUT2D eigenvalue weighted by Gasteiger charge is 2.13. The Kier molecular flexibility index (Phi) is 5.37. The van der Waals surface area contributed by atoms with Crippen molar-refractivity contribution >= 4 is 33.2 Å². The van der Waals surface area contributed by atoms with Crippen LogP contribution in [0.4, 0.5) is 0 Å². The number of hydrogen-bond donors (Lipinski definition) is 1. The van der Waals surface area contributed by atoms with Gasteiger partial charge in [-0.1, -0.05) is 34.1 Å². The molecule has 0 radical (unpaired) electrons. The molecule has 0 aliphatic rings.